The van der Waals surface area contributed by atoms with E-state index in [9.17, 15) is 4.79 Å². The van der Waals surface area contributed by atoms with E-state index in [0.717, 1.165) is 75.1 Å². The van der Waals surface area contributed by atoms with Gasteiger partial charge in [-0.25, -0.2) is 14.1 Å². The molecule has 9 heteroatoms. The van der Waals surface area contributed by atoms with E-state index >= 15 is 0 Å². The zero-order valence-electron chi connectivity index (χ0n) is 25.6. The maximum Gasteiger partial charge on any atom is 0.317 e. The predicted molar refractivity (Wildman–Crippen MR) is 165 cm³/mol. The third kappa shape index (κ3) is 9.02. The fourth-order valence-electron chi connectivity index (χ4n) is 5.09. The van der Waals surface area contributed by atoms with Crippen molar-refractivity contribution in [1.82, 2.24) is 24.1 Å². The molecule has 1 N–H and O–H groups in total. The normalized spacial score (nSPS) is 17.0. The number of carbonyl (C=O) groups excluding carboxylic acids is 1. The van der Waals surface area contributed by atoms with E-state index in [-0.39, 0.29) is 11.4 Å². The summed E-state index contributed by atoms with van der Waals surface area (Å²) in [5, 5.41) is 3.21. The molecule has 0 spiro atoms. The Morgan fingerprint density at radius 3 is 2.38 bits per heavy atom. The van der Waals surface area contributed by atoms with Gasteiger partial charge in [0.05, 0.1) is 16.7 Å². The molecule has 1 aromatic carbocycles. The lowest BCUT2D eigenvalue weighted by atomic mass is 9.96. The number of amides is 2. The fourth-order valence-corrected chi connectivity index (χ4v) is 5.97. The van der Waals surface area contributed by atoms with Crippen LogP contribution in [0.25, 0.3) is 11.0 Å². The molecule has 4 rings (SSSR count). The lowest BCUT2D eigenvalue weighted by Crippen LogP contribution is -2.52. The average molecular weight is 561 g/mol. The van der Waals surface area contributed by atoms with Crippen molar-refractivity contribution in [1.29, 1.82) is 0 Å². The Labute approximate surface area is 241 Å². The van der Waals surface area contributed by atoms with Gasteiger partial charge in [-0.1, -0.05) is 47.5 Å². The summed E-state index contributed by atoms with van der Waals surface area (Å²) in [6.45, 7) is 18.3. The molecule has 2 aromatic rings. The number of hydrogen-bond donors (Lipinski definition) is 1. The molecule has 220 valence electrons. The van der Waals surface area contributed by atoms with Gasteiger partial charge in [0.25, 0.3) is 0 Å². The molecular weight excluding hydrogens is 508 g/mol. The number of nitrogens with one attached hydrogen (secondary N) is 1. The van der Waals surface area contributed by atoms with Crippen LogP contribution in [0.4, 0.5) is 10.5 Å². The summed E-state index contributed by atoms with van der Waals surface area (Å²) in [4.78, 5) is 19.5. The summed E-state index contributed by atoms with van der Waals surface area (Å²) in [6, 6.07) is 7.06. The van der Waals surface area contributed by atoms with Crippen molar-refractivity contribution in [2.24, 2.45) is 5.92 Å². The Morgan fingerprint density at radius 2 is 1.85 bits per heavy atom. The van der Waals surface area contributed by atoms with Gasteiger partial charge in [-0.2, -0.15) is 0 Å². The molecule has 2 amide bonds. The van der Waals surface area contributed by atoms with Crippen LogP contribution in [-0.4, -0.2) is 77.8 Å². The fraction of sp³-hybridized carbons (Fsp3) is 0.733. The van der Waals surface area contributed by atoms with Gasteiger partial charge in [-0.15, -0.1) is 0 Å². The lowest BCUT2D eigenvalue weighted by molar-refractivity contribution is 0.172. The van der Waals surface area contributed by atoms with Gasteiger partial charge in [0.15, 0.2) is 0 Å². The summed E-state index contributed by atoms with van der Waals surface area (Å²) >= 11 is 1.72. The molecule has 1 aliphatic heterocycles. The molecule has 1 saturated heterocycles. The maximum atomic E-state index is 12.5. The van der Waals surface area contributed by atoms with E-state index in [0.29, 0.717) is 6.04 Å². The van der Waals surface area contributed by atoms with E-state index in [1.165, 1.54) is 24.8 Å². The van der Waals surface area contributed by atoms with E-state index in [1.54, 1.807) is 19.2 Å². The standard InChI is InChI=1S/C24H38N6OS.C6H14O/c1-6-30-21-12-11-19(17-20(21)26-22(30)24(2,3)4)27(5)32-29-15-13-28(14-16-29)23(31)25-18-9-7-8-10-18;1-6(2)4-5-7-3/h11-12,17-18H,6-10,13-16H2,1-5H3,(H,25,31);6H,4-5H2,1-3H3. The number of anilines is 1. The smallest absolute Gasteiger partial charge is 0.317 e. The van der Waals surface area contributed by atoms with Crippen LogP contribution in [0.15, 0.2) is 18.2 Å². The van der Waals surface area contributed by atoms with Crippen LogP contribution in [0.2, 0.25) is 0 Å². The summed E-state index contributed by atoms with van der Waals surface area (Å²) in [7, 11) is 3.84. The highest BCUT2D eigenvalue weighted by Crippen LogP contribution is 2.31. The number of hydrogen-bond acceptors (Lipinski definition) is 6. The number of imidazole rings is 1. The topological polar surface area (TPSA) is 65.9 Å². The molecule has 1 aromatic heterocycles. The number of nitrogens with zero attached hydrogens (tertiary/aromatic N) is 5. The third-order valence-corrected chi connectivity index (χ3v) is 8.48. The first-order valence-corrected chi connectivity index (χ1v) is 15.5. The first-order valence-electron chi connectivity index (χ1n) is 14.7. The Bertz CT molecular complexity index is 1040. The van der Waals surface area contributed by atoms with Crippen LogP contribution >= 0.6 is 12.1 Å². The van der Waals surface area contributed by atoms with Gasteiger partial charge in [0.2, 0.25) is 0 Å². The molecular formula is C30H52N6O2S. The first-order chi connectivity index (χ1) is 18.5. The number of aryl methyl sites for hydroxylation is 1. The number of piperazine rings is 1. The Hall–Kier alpha value is -1.97. The van der Waals surface area contributed by atoms with Crippen molar-refractivity contribution >= 4 is 34.9 Å². The van der Waals surface area contributed by atoms with E-state index in [1.807, 2.05) is 4.90 Å². The van der Waals surface area contributed by atoms with Gasteiger partial charge in [-0.05, 0) is 50.3 Å². The number of carbonyl (C=O) groups is 1. The number of methoxy groups -OCH3 is 1. The Balaban J connectivity index is 0.000000532. The minimum Gasteiger partial charge on any atom is -0.385 e. The van der Waals surface area contributed by atoms with Crippen LogP contribution in [0.1, 0.15) is 79.5 Å². The number of rotatable bonds is 8. The highest BCUT2D eigenvalue weighted by Gasteiger charge is 2.26. The zero-order valence-corrected chi connectivity index (χ0v) is 26.4. The molecule has 0 radical (unpaired) electrons. The summed E-state index contributed by atoms with van der Waals surface area (Å²) < 4.78 is 11.7. The third-order valence-electron chi connectivity index (χ3n) is 7.43. The molecule has 0 atom stereocenters. The van der Waals surface area contributed by atoms with Gasteiger partial charge in [0.1, 0.15) is 5.82 Å². The first kappa shape index (κ1) is 31.6. The largest absolute Gasteiger partial charge is 0.385 e. The Morgan fingerprint density at radius 1 is 1.18 bits per heavy atom. The molecule has 2 fully saturated rings. The van der Waals surface area contributed by atoms with Crippen LogP contribution in [-0.2, 0) is 16.7 Å². The predicted octanol–water partition coefficient (Wildman–Crippen LogP) is 6.30. The SMILES string of the molecule is CCn1c(C(C)(C)C)nc2cc(N(C)SN3CCN(C(=O)NC4CCCC4)CC3)ccc21.COCCC(C)C. The van der Waals surface area contributed by atoms with Crippen LogP contribution in [0.3, 0.4) is 0 Å². The zero-order chi connectivity index (χ0) is 28.6. The average Bonchev–Trinajstić information content (AvgIpc) is 3.55. The minimum absolute atomic E-state index is 0.0135. The van der Waals surface area contributed by atoms with Crippen LogP contribution < -0.4 is 9.62 Å². The molecule has 0 bridgehead atoms. The molecule has 39 heavy (non-hydrogen) atoms. The van der Waals surface area contributed by atoms with Crippen molar-refractivity contribution in [3.63, 3.8) is 0 Å². The number of aromatic nitrogens is 2. The number of benzene rings is 1. The quantitative estimate of drug-likeness (QED) is 0.382. The molecule has 8 nitrogen and oxygen atoms in total. The number of ether oxygens (including phenoxy) is 1. The highest BCUT2D eigenvalue weighted by molar-refractivity contribution is 7.98. The van der Waals surface area contributed by atoms with Gasteiger partial charge >= 0.3 is 6.03 Å². The van der Waals surface area contributed by atoms with E-state index in [4.69, 9.17) is 9.72 Å². The highest BCUT2D eigenvalue weighted by atomic mass is 32.2. The van der Waals surface area contributed by atoms with Crippen molar-refractivity contribution in [2.75, 3.05) is 51.2 Å². The molecule has 0 unspecified atom stereocenters. The van der Waals surface area contributed by atoms with Gasteiger partial charge in [0, 0.05) is 77.1 Å². The lowest BCUT2D eigenvalue weighted by Gasteiger charge is -2.36. The van der Waals surface area contributed by atoms with Gasteiger partial charge in [-0.3, -0.25) is 0 Å². The number of fused-ring (bicyclic) bond motifs is 1. The van der Waals surface area contributed by atoms with Crippen molar-refractivity contribution < 1.29 is 9.53 Å². The van der Waals surface area contributed by atoms with Crippen molar-refractivity contribution in [3.05, 3.63) is 24.0 Å². The summed E-state index contributed by atoms with van der Waals surface area (Å²) in [6.07, 6.45) is 5.92. The second-order valence-electron chi connectivity index (χ2n) is 12.2. The molecule has 2 heterocycles. The van der Waals surface area contributed by atoms with E-state index in [2.05, 4.69) is 85.3 Å². The van der Waals surface area contributed by atoms with Crippen LogP contribution in [0.5, 0.6) is 0 Å². The monoisotopic (exact) mass is 560 g/mol. The second-order valence-corrected chi connectivity index (χ2v) is 13.4. The van der Waals surface area contributed by atoms with E-state index < -0.39 is 0 Å². The second kappa shape index (κ2) is 14.6. The van der Waals surface area contributed by atoms with Crippen molar-refractivity contribution in [3.8, 4) is 0 Å². The summed E-state index contributed by atoms with van der Waals surface area (Å²) in [5.74, 6) is 1.91. The van der Waals surface area contributed by atoms with Gasteiger partial charge < -0.3 is 23.8 Å². The molecule has 2 aliphatic rings. The molecule has 1 aliphatic carbocycles. The van der Waals surface area contributed by atoms with Crippen LogP contribution in [0, 0.1) is 5.92 Å². The maximum absolute atomic E-state index is 12.5. The minimum atomic E-state index is 0.0135. The summed E-state index contributed by atoms with van der Waals surface area (Å²) in [5.41, 5.74) is 3.40. The van der Waals surface area contributed by atoms with Crippen molar-refractivity contribution in [2.45, 2.75) is 91.6 Å². The molecule has 1 saturated carbocycles. The Kier molecular flexibility index (Phi) is 11.8. The number of urea groups is 1.